The van der Waals surface area contributed by atoms with E-state index in [1.165, 1.54) is 6.92 Å². The van der Waals surface area contributed by atoms with Crippen LogP contribution in [0.4, 0.5) is 37.4 Å². The molecule has 194 valence electrons. The van der Waals surface area contributed by atoms with Gasteiger partial charge in [-0.2, -0.15) is 13.2 Å². The number of halogens is 8. The Hall–Kier alpha value is -2.98. The van der Waals surface area contributed by atoms with Crippen LogP contribution in [0, 0.1) is 10.1 Å². The lowest BCUT2D eigenvalue weighted by molar-refractivity contribution is -0.759. The summed E-state index contributed by atoms with van der Waals surface area (Å²) in [5.74, 6) is -0.752. The Labute approximate surface area is 186 Å². The molecule has 0 spiro atoms. The minimum Gasteiger partial charge on any atom is -0.469 e. The Kier molecular flexibility index (Phi) is 6.46. The maximum Gasteiger partial charge on any atom is 0.508 e. The van der Waals surface area contributed by atoms with Gasteiger partial charge in [-0.25, -0.2) is 4.79 Å². The molecule has 0 aliphatic carbocycles. The van der Waals surface area contributed by atoms with Crippen molar-refractivity contribution in [2.75, 3.05) is 13.2 Å². The highest BCUT2D eigenvalue weighted by atomic mass is 32.5. The van der Waals surface area contributed by atoms with Gasteiger partial charge in [0.25, 0.3) is 10.7 Å². The van der Waals surface area contributed by atoms with Crippen molar-refractivity contribution in [1.82, 2.24) is 0 Å². The van der Waals surface area contributed by atoms with Gasteiger partial charge in [0.2, 0.25) is 0 Å². The summed E-state index contributed by atoms with van der Waals surface area (Å²) in [6.45, 7) is 0.0105. The third-order valence-electron chi connectivity index (χ3n) is 4.41. The molecule has 8 nitrogen and oxygen atoms in total. The summed E-state index contributed by atoms with van der Waals surface area (Å²) < 4.78 is 121. The Morgan fingerprint density at radius 3 is 2.35 bits per heavy atom. The van der Waals surface area contributed by atoms with Crippen molar-refractivity contribution in [3.63, 3.8) is 0 Å². The number of hydrogen-bond donors (Lipinski definition) is 0. The van der Waals surface area contributed by atoms with Gasteiger partial charge in [0, 0.05) is 5.56 Å². The lowest BCUT2D eigenvalue weighted by Gasteiger charge is -2.42. The number of aryl methyl sites for hydroxylation is 1. The standard InChI is InChI=1S/C17H17F8NO7S/c1-3-11-6-13(34(21,22,23,24)25)7-12-4-5-16(17(18,19)20,33-14(11)12)9-30-15(27)32-10(2)8-31-26(28)29/h4-7,10H,3,8-9H2,1-2H3/t10?,16-/m0/s1. The molecule has 1 unspecified atom stereocenters. The molecule has 2 rings (SSSR count). The number of carbonyl (C=O) groups is 1. The minimum atomic E-state index is -10.1. The van der Waals surface area contributed by atoms with E-state index in [0.717, 1.165) is 6.92 Å². The number of carbonyl (C=O) groups excluding carboxylic acids is 1. The highest BCUT2D eigenvalue weighted by molar-refractivity contribution is 8.45. The van der Waals surface area contributed by atoms with E-state index in [0.29, 0.717) is 6.08 Å². The molecule has 34 heavy (non-hydrogen) atoms. The van der Waals surface area contributed by atoms with E-state index in [9.17, 15) is 47.5 Å². The number of ether oxygens (including phenoxy) is 3. The van der Waals surface area contributed by atoms with Crippen molar-refractivity contribution >= 4 is 22.5 Å². The van der Waals surface area contributed by atoms with Gasteiger partial charge in [-0.15, -0.1) is 10.1 Å². The van der Waals surface area contributed by atoms with Crippen LogP contribution in [-0.4, -0.2) is 42.3 Å². The summed E-state index contributed by atoms with van der Waals surface area (Å²) in [6, 6.07) is -0.0221. The number of nitrogens with zero attached hydrogens (tertiary/aromatic N) is 1. The molecule has 0 aromatic heterocycles. The van der Waals surface area contributed by atoms with Crippen LogP contribution in [0.2, 0.25) is 0 Å². The second-order valence-corrected chi connectivity index (χ2v) is 9.54. The van der Waals surface area contributed by atoms with E-state index in [4.69, 9.17) is 4.74 Å². The largest absolute Gasteiger partial charge is 0.508 e. The first-order chi connectivity index (χ1) is 15.2. The summed E-state index contributed by atoms with van der Waals surface area (Å²) in [5.41, 5.74) is -4.66. The van der Waals surface area contributed by atoms with Crippen molar-refractivity contribution in [2.45, 2.75) is 43.0 Å². The van der Waals surface area contributed by atoms with Crippen LogP contribution < -0.4 is 4.74 Å². The lowest BCUT2D eigenvalue weighted by Crippen LogP contribution is -2.54. The molecule has 1 aromatic carbocycles. The van der Waals surface area contributed by atoms with Crippen LogP contribution in [-0.2, 0) is 20.7 Å². The molecule has 17 heteroatoms. The molecule has 0 bridgehead atoms. The molecular formula is C17H17F8NO7S. The van der Waals surface area contributed by atoms with E-state index in [1.807, 2.05) is 0 Å². The predicted molar refractivity (Wildman–Crippen MR) is 101 cm³/mol. The third-order valence-corrected chi connectivity index (χ3v) is 5.53. The molecule has 1 aromatic rings. The minimum absolute atomic E-state index is 0.00675. The summed E-state index contributed by atoms with van der Waals surface area (Å²) in [4.78, 5) is 23.4. The van der Waals surface area contributed by atoms with Crippen molar-refractivity contribution in [2.24, 2.45) is 0 Å². The second-order valence-electron chi connectivity index (χ2n) is 7.13. The van der Waals surface area contributed by atoms with Crippen LogP contribution in [0.25, 0.3) is 6.08 Å². The molecule has 2 atom stereocenters. The van der Waals surface area contributed by atoms with Crippen LogP contribution in [0.3, 0.4) is 0 Å². The first-order valence-corrected chi connectivity index (χ1v) is 11.1. The Balaban J connectivity index is 2.34. The van der Waals surface area contributed by atoms with Crippen molar-refractivity contribution in [3.8, 4) is 5.75 Å². The molecule has 1 aliphatic rings. The van der Waals surface area contributed by atoms with E-state index < -0.39 is 80.8 Å². The molecule has 1 aliphatic heterocycles. The van der Waals surface area contributed by atoms with Crippen LogP contribution in [0.15, 0.2) is 23.1 Å². The summed E-state index contributed by atoms with van der Waals surface area (Å²) in [5, 5.41) is 8.90. The van der Waals surface area contributed by atoms with Gasteiger partial charge in [-0.3, -0.25) is 0 Å². The highest BCUT2D eigenvalue weighted by Gasteiger charge is 2.66. The fourth-order valence-electron chi connectivity index (χ4n) is 2.73. The topological polar surface area (TPSA) is 97.1 Å². The second kappa shape index (κ2) is 8.06. The Bertz CT molecular complexity index is 1010. The van der Waals surface area contributed by atoms with E-state index in [2.05, 4.69) is 14.3 Å². The average molecular weight is 531 g/mol. The van der Waals surface area contributed by atoms with Gasteiger partial charge in [0.1, 0.15) is 30.0 Å². The first-order valence-electron chi connectivity index (χ1n) is 9.14. The molecule has 1 heterocycles. The van der Waals surface area contributed by atoms with Gasteiger partial charge < -0.3 is 19.0 Å². The summed E-state index contributed by atoms with van der Waals surface area (Å²) in [7, 11) is -10.1. The van der Waals surface area contributed by atoms with Gasteiger partial charge in [-0.05, 0) is 37.1 Å². The quantitative estimate of drug-likeness (QED) is 0.167. The number of alkyl halides is 3. The molecule has 0 saturated heterocycles. The van der Waals surface area contributed by atoms with E-state index in [1.54, 1.807) is 0 Å². The normalized spacial score (nSPS) is 20.8. The zero-order valence-electron chi connectivity index (χ0n) is 17.2. The highest BCUT2D eigenvalue weighted by Crippen LogP contribution is 3.02. The fourth-order valence-corrected chi connectivity index (χ4v) is 3.45. The van der Waals surface area contributed by atoms with Crippen LogP contribution >= 0.6 is 10.2 Å². The zero-order valence-corrected chi connectivity index (χ0v) is 18.1. The van der Waals surface area contributed by atoms with Crippen LogP contribution in [0.5, 0.6) is 5.75 Å². The number of rotatable bonds is 8. The Morgan fingerprint density at radius 2 is 1.85 bits per heavy atom. The number of hydrogen-bond acceptors (Lipinski definition) is 7. The van der Waals surface area contributed by atoms with Gasteiger partial charge >= 0.3 is 22.6 Å². The van der Waals surface area contributed by atoms with Crippen LogP contribution in [0.1, 0.15) is 25.0 Å². The monoisotopic (exact) mass is 531 g/mol. The lowest BCUT2D eigenvalue weighted by atomic mass is 9.96. The van der Waals surface area contributed by atoms with E-state index >= 15 is 0 Å². The van der Waals surface area contributed by atoms with Gasteiger partial charge in [-0.1, -0.05) is 32.4 Å². The summed E-state index contributed by atoms with van der Waals surface area (Å²) >= 11 is 0. The molecule has 0 saturated carbocycles. The molecule has 0 radical (unpaired) electrons. The van der Waals surface area contributed by atoms with Crippen molar-refractivity contribution in [1.29, 1.82) is 0 Å². The maximum atomic E-state index is 13.8. The Morgan fingerprint density at radius 1 is 1.24 bits per heavy atom. The smallest absolute Gasteiger partial charge is 0.469 e. The number of benzene rings is 1. The summed E-state index contributed by atoms with van der Waals surface area (Å²) in [6.07, 6.45) is -7.94. The molecule has 0 fully saturated rings. The predicted octanol–water partition coefficient (Wildman–Crippen LogP) is 6.36. The first kappa shape index (κ1) is 27.3. The van der Waals surface area contributed by atoms with Gasteiger partial charge in [0.15, 0.2) is 0 Å². The maximum absolute atomic E-state index is 13.8. The van der Waals surface area contributed by atoms with Crippen molar-refractivity contribution in [3.05, 3.63) is 39.4 Å². The molecule has 0 N–H and O–H groups in total. The van der Waals surface area contributed by atoms with Crippen molar-refractivity contribution < 1.29 is 61.5 Å². The average Bonchev–Trinajstić information content (AvgIpc) is 2.67. The molecule has 0 amide bonds. The SMILES string of the molecule is CCc1cc(S(F)(F)(F)(F)F)cc2c1O[C@@](COC(=O)OC(C)CO[N+](=O)[O-])(C(F)(F)F)C=C2. The zero-order chi connectivity index (χ0) is 26.2. The fraction of sp³-hybridized carbons (Fsp3) is 0.471. The van der Waals surface area contributed by atoms with Gasteiger partial charge in [0.05, 0.1) is 0 Å². The molecular weight excluding hydrogens is 514 g/mol. The van der Waals surface area contributed by atoms with E-state index in [-0.39, 0.29) is 18.2 Å². The number of fused-ring (bicyclic) bond motifs is 1. The third kappa shape index (κ3) is 6.32.